The van der Waals surface area contributed by atoms with E-state index in [2.05, 4.69) is 55.7 Å². The Balaban J connectivity index is 1.08. The molecule has 2 aromatic carbocycles. The maximum absolute atomic E-state index is 12.9. The number of carbonyl (C=O) groups excluding carboxylic acids is 2. The Morgan fingerprint density at radius 1 is 0.977 bits per heavy atom. The van der Waals surface area contributed by atoms with Crippen molar-refractivity contribution in [3.05, 3.63) is 83.6 Å². The normalized spacial score (nSPS) is 20.9. The van der Waals surface area contributed by atoms with Crippen molar-refractivity contribution in [2.75, 3.05) is 38.6 Å². The van der Waals surface area contributed by atoms with E-state index < -0.39 is 17.6 Å². The van der Waals surface area contributed by atoms with Gasteiger partial charge in [-0.25, -0.2) is 0 Å². The number of benzene rings is 2. The van der Waals surface area contributed by atoms with Crippen LogP contribution in [0.25, 0.3) is 11.3 Å². The number of aromatic nitrogens is 1. The van der Waals surface area contributed by atoms with E-state index in [9.17, 15) is 22.8 Å². The Morgan fingerprint density at radius 2 is 1.74 bits per heavy atom. The van der Waals surface area contributed by atoms with Crippen LogP contribution in [-0.4, -0.2) is 67.5 Å². The average molecular weight is 594 g/mol. The Labute approximate surface area is 250 Å². The number of rotatable bonds is 8. The van der Waals surface area contributed by atoms with Crippen molar-refractivity contribution in [1.29, 1.82) is 0 Å². The van der Waals surface area contributed by atoms with Crippen LogP contribution < -0.4 is 15.5 Å². The number of hydrogen-bond acceptors (Lipinski definition) is 5. The first-order chi connectivity index (χ1) is 20.6. The van der Waals surface area contributed by atoms with Gasteiger partial charge in [0.2, 0.25) is 5.91 Å². The van der Waals surface area contributed by atoms with Gasteiger partial charge in [-0.1, -0.05) is 24.3 Å². The van der Waals surface area contributed by atoms with Crippen molar-refractivity contribution in [2.24, 2.45) is 0 Å². The highest BCUT2D eigenvalue weighted by atomic mass is 19.4. The number of alkyl halides is 3. The molecule has 1 saturated carbocycles. The van der Waals surface area contributed by atoms with Crippen molar-refractivity contribution >= 4 is 17.5 Å². The zero-order chi connectivity index (χ0) is 30.6. The second-order valence-corrected chi connectivity index (χ2v) is 11.7. The van der Waals surface area contributed by atoms with Crippen LogP contribution in [0.4, 0.5) is 18.9 Å². The molecule has 2 heterocycles. The quantitative estimate of drug-likeness (QED) is 0.362. The van der Waals surface area contributed by atoms with E-state index >= 15 is 0 Å². The number of halogens is 3. The monoisotopic (exact) mass is 593 g/mol. The molecule has 7 nitrogen and oxygen atoms in total. The summed E-state index contributed by atoms with van der Waals surface area (Å²) in [6.45, 7) is 1.37. The fourth-order valence-corrected chi connectivity index (χ4v) is 6.31. The molecule has 3 aromatic rings. The van der Waals surface area contributed by atoms with Crippen LogP contribution in [0.5, 0.6) is 0 Å². The molecule has 1 aliphatic heterocycles. The maximum atomic E-state index is 12.9. The van der Waals surface area contributed by atoms with E-state index in [-0.39, 0.29) is 24.1 Å². The fraction of sp³-hybridized carbons (Fsp3) is 0.424. The average Bonchev–Trinajstić information content (AvgIpc) is 3.48. The third-order valence-corrected chi connectivity index (χ3v) is 8.56. The van der Waals surface area contributed by atoms with Gasteiger partial charge in [0, 0.05) is 56.6 Å². The topological polar surface area (TPSA) is 77.6 Å². The Hall–Kier alpha value is -3.92. The van der Waals surface area contributed by atoms with E-state index in [4.69, 9.17) is 0 Å². The van der Waals surface area contributed by atoms with E-state index in [1.165, 1.54) is 17.7 Å². The summed E-state index contributed by atoms with van der Waals surface area (Å²) in [5.74, 6) is -0.558. The van der Waals surface area contributed by atoms with Crippen molar-refractivity contribution in [3.8, 4) is 11.3 Å². The second kappa shape index (κ2) is 13.2. The van der Waals surface area contributed by atoms with Crippen molar-refractivity contribution in [3.63, 3.8) is 0 Å². The number of anilines is 1. The molecule has 2 aliphatic rings. The summed E-state index contributed by atoms with van der Waals surface area (Å²) >= 11 is 0. The Morgan fingerprint density at radius 3 is 2.49 bits per heavy atom. The number of nitrogens with one attached hydrogen (secondary N) is 2. The van der Waals surface area contributed by atoms with Gasteiger partial charge in [0.25, 0.3) is 5.91 Å². The highest BCUT2D eigenvalue weighted by molar-refractivity contribution is 5.96. The minimum atomic E-state index is -4.54. The lowest BCUT2D eigenvalue weighted by Gasteiger charge is -2.35. The first-order valence-electron chi connectivity index (χ1n) is 14.8. The molecule has 1 atom stereocenters. The van der Waals surface area contributed by atoms with E-state index in [0.29, 0.717) is 12.0 Å². The predicted molar refractivity (Wildman–Crippen MR) is 161 cm³/mol. The zero-order valence-corrected chi connectivity index (χ0v) is 24.5. The largest absolute Gasteiger partial charge is 0.416 e. The molecule has 0 spiro atoms. The van der Waals surface area contributed by atoms with Gasteiger partial charge >= 0.3 is 6.18 Å². The van der Waals surface area contributed by atoms with Gasteiger partial charge in [-0.15, -0.1) is 0 Å². The molecule has 228 valence electrons. The lowest BCUT2D eigenvalue weighted by molar-refractivity contribution is -0.137. The van der Waals surface area contributed by atoms with Crippen LogP contribution in [0.1, 0.15) is 59.5 Å². The third-order valence-electron chi connectivity index (χ3n) is 8.56. The lowest BCUT2D eigenvalue weighted by atomic mass is 9.80. The van der Waals surface area contributed by atoms with E-state index in [1.54, 1.807) is 0 Å². The number of amides is 2. The number of hydrogen-bond donors (Lipinski definition) is 2. The molecule has 1 aliphatic carbocycles. The van der Waals surface area contributed by atoms with E-state index in [1.807, 2.05) is 26.4 Å². The molecule has 2 amide bonds. The molecular weight excluding hydrogens is 555 g/mol. The zero-order valence-electron chi connectivity index (χ0n) is 24.5. The predicted octanol–water partition coefficient (Wildman–Crippen LogP) is 5.48. The number of likely N-dealkylation sites (tertiary alicyclic amines) is 1. The van der Waals surface area contributed by atoms with Gasteiger partial charge in [0.15, 0.2) is 0 Å². The van der Waals surface area contributed by atoms with Gasteiger partial charge in [-0.05, 0) is 80.0 Å². The van der Waals surface area contributed by atoms with Gasteiger partial charge in [-0.2, -0.15) is 13.2 Å². The Bertz CT molecular complexity index is 1440. The minimum Gasteiger partial charge on any atom is -0.376 e. The molecule has 2 fully saturated rings. The SMILES string of the molecule is CN(C)c1cccnc1-c1cccc(C2CCC(N3CC[C@@H](NC(=O)CNC(=O)c4cccc(C(F)(F)F)c4)C3)CC2)c1. The summed E-state index contributed by atoms with van der Waals surface area (Å²) in [6.07, 6.45) is 2.52. The second-order valence-electron chi connectivity index (χ2n) is 11.7. The molecule has 10 heteroatoms. The molecule has 2 N–H and O–H groups in total. The van der Waals surface area contributed by atoms with Crippen LogP contribution in [-0.2, 0) is 11.0 Å². The van der Waals surface area contributed by atoms with Crippen LogP contribution in [0.15, 0.2) is 66.9 Å². The number of nitrogens with zero attached hydrogens (tertiary/aromatic N) is 3. The molecule has 5 rings (SSSR count). The highest BCUT2D eigenvalue weighted by Gasteiger charge is 2.33. The van der Waals surface area contributed by atoms with Crippen LogP contribution in [0.3, 0.4) is 0 Å². The summed E-state index contributed by atoms with van der Waals surface area (Å²) in [7, 11) is 4.06. The minimum absolute atomic E-state index is 0.0170. The molecular formula is C33H38F3N5O2. The smallest absolute Gasteiger partial charge is 0.376 e. The van der Waals surface area contributed by atoms with Crippen molar-refractivity contribution in [1.82, 2.24) is 20.5 Å². The van der Waals surface area contributed by atoms with E-state index in [0.717, 1.165) is 74.3 Å². The molecule has 1 aromatic heterocycles. The molecule has 0 unspecified atom stereocenters. The van der Waals surface area contributed by atoms with Gasteiger partial charge in [0.1, 0.15) is 0 Å². The summed E-state index contributed by atoms with van der Waals surface area (Å²) in [5, 5.41) is 5.41. The Kier molecular flexibility index (Phi) is 9.34. The summed E-state index contributed by atoms with van der Waals surface area (Å²) in [6, 6.07) is 17.4. The van der Waals surface area contributed by atoms with Gasteiger partial charge < -0.3 is 15.5 Å². The summed E-state index contributed by atoms with van der Waals surface area (Å²) in [5.41, 5.74) is 3.53. The summed E-state index contributed by atoms with van der Waals surface area (Å²) in [4.78, 5) is 34.0. The molecule has 0 bridgehead atoms. The van der Waals surface area contributed by atoms with Crippen LogP contribution in [0, 0.1) is 0 Å². The third kappa shape index (κ3) is 7.54. The number of carbonyl (C=O) groups is 2. The maximum Gasteiger partial charge on any atom is 0.416 e. The molecule has 1 saturated heterocycles. The van der Waals surface area contributed by atoms with Crippen molar-refractivity contribution in [2.45, 2.75) is 56.3 Å². The molecule has 0 radical (unpaired) electrons. The van der Waals surface area contributed by atoms with Crippen LogP contribution >= 0.6 is 0 Å². The fourth-order valence-electron chi connectivity index (χ4n) is 6.31. The number of pyridine rings is 1. The first-order valence-corrected chi connectivity index (χ1v) is 14.8. The van der Waals surface area contributed by atoms with Crippen molar-refractivity contribution < 1.29 is 22.8 Å². The van der Waals surface area contributed by atoms with Gasteiger partial charge in [0.05, 0.1) is 23.5 Å². The molecule has 43 heavy (non-hydrogen) atoms. The van der Waals surface area contributed by atoms with Crippen LogP contribution in [0.2, 0.25) is 0 Å². The first kappa shape index (κ1) is 30.5. The standard InChI is InChI=1S/C33H38F3N5O2/c1-40(2)29-10-5-16-37-31(29)24-7-3-6-23(18-24)22-11-13-28(14-12-22)41-17-15-27(21-41)39-30(42)20-38-32(43)25-8-4-9-26(19-25)33(34,35)36/h3-10,16,18-19,22,27-28H,11-15,17,20-21H2,1-2H3,(H,38,43)(H,39,42)/t22?,27-,28?/m1/s1. The van der Waals surface area contributed by atoms with Gasteiger partial charge in [-0.3, -0.25) is 19.5 Å². The highest BCUT2D eigenvalue weighted by Crippen LogP contribution is 2.38. The lowest BCUT2D eigenvalue weighted by Crippen LogP contribution is -2.44. The summed E-state index contributed by atoms with van der Waals surface area (Å²) < 4.78 is 38.8.